The smallest absolute Gasteiger partial charge is 0.0540 e. The van der Waals surface area contributed by atoms with Crippen molar-refractivity contribution < 1.29 is 0 Å². The third-order valence-corrected chi connectivity index (χ3v) is 16.9. The molecule has 0 spiro atoms. The molecule has 7 bridgehead atoms. The number of anilines is 3. The lowest BCUT2D eigenvalue weighted by molar-refractivity contribution is -0.00522. The zero-order valence-corrected chi connectivity index (χ0v) is 31.9. The van der Waals surface area contributed by atoms with Gasteiger partial charge in [0.25, 0.3) is 0 Å². The lowest BCUT2D eigenvalue weighted by Gasteiger charge is -2.57. The molecular formula is C52H55N. The lowest BCUT2D eigenvalue weighted by Crippen LogP contribution is -2.49. The van der Waals surface area contributed by atoms with Gasteiger partial charge in [0.1, 0.15) is 0 Å². The van der Waals surface area contributed by atoms with Crippen LogP contribution in [0.5, 0.6) is 0 Å². The minimum atomic E-state index is -0.0513. The summed E-state index contributed by atoms with van der Waals surface area (Å²) in [5, 5.41) is 2.60. The monoisotopic (exact) mass is 693 g/mol. The van der Waals surface area contributed by atoms with E-state index in [9.17, 15) is 0 Å². The molecule has 5 aromatic carbocycles. The Labute approximate surface area is 317 Å². The van der Waals surface area contributed by atoms with Crippen molar-refractivity contribution in [1.82, 2.24) is 0 Å². The molecule has 0 amide bonds. The van der Waals surface area contributed by atoms with Crippen molar-refractivity contribution in [3.05, 3.63) is 125 Å². The van der Waals surface area contributed by atoms with Crippen LogP contribution in [-0.4, -0.2) is 0 Å². The van der Waals surface area contributed by atoms with E-state index in [1.165, 1.54) is 128 Å². The van der Waals surface area contributed by atoms with Crippen molar-refractivity contribution in [3.63, 3.8) is 0 Å². The molecule has 8 aliphatic carbocycles. The summed E-state index contributed by atoms with van der Waals surface area (Å²) in [6.07, 6.45) is 18.9. The van der Waals surface area contributed by atoms with Crippen LogP contribution in [-0.2, 0) is 16.2 Å². The van der Waals surface area contributed by atoms with Crippen molar-refractivity contribution >= 4 is 27.8 Å². The number of hydrogen-bond donors (Lipinski definition) is 0. The molecule has 1 nitrogen and oxygen atoms in total. The van der Waals surface area contributed by atoms with Crippen molar-refractivity contribution in [2.45, 2.75) is 114 Å². The third-order valence-electron chi connectivity index (χ3n) is 16.9. The van der Waals surface area contributed by atoms with Gasteiger partial charge in [0.2, 0.25) is 0 Å². The van der Waals surface area contributed by atoms with E-state index in [2.05, 4.69) is 122 Å². The molecule has 7 saturated carbocycles. The van der Waals surface area contributed by atoms with Gasteiger partial charge in [-0.1, -0.05) is 99.5 Å². The molecule has 0 aliphatic heterocycles. The van der Waals surface area contributed by atoms with E-state index in [1.807, 2.05) is 0 Å². The summed E-state index contributed by atoms with van der Waals surface area (Å²) in [5.74, 6) is 5.66. The van der Waals surface area contributed by atoms with Crippen LogP contribution in [0.3, 0.4) is 0 Å². The largest absolute Gasteiger partial charge is 0.310 e. The zero-order valence-electron chi connectivity index (χ0n) is 31.9. The summed E-state index contributed by atoms with van der Waals surface area (Å²) in [4.78, 5) is 2.57. The van der Waals surface area contributed by atoms with E-state index < -0.39 is 0 Å². The maximum atomic E-state index is 2.69. The molecular weight excluding hydrogens is 639 g/mol. The van der Waals surface area contributed by atoms with Gasteiger partial charge in [-0.25, -0.2) is 0 Å². The van der Waals surface area contributed by atoms with Crippen LogP contribution < -0.4 is 4.90 Å². The highest BCUT2D eigenvalue weighted by Crippen LogP contribution is 2.63. The second-order valence-corrected chi connectivity index (χ2v) is 20.1. The Kier molecular flexibility index (Phi) is 6.61. The first-order valence-electron chi connectivity index (χ1n) is 21.5. The molecule has 5 aromatic rings. The second kappa shape index (κ2) is 11.1. The Morgan fingerprint density at radius 3 is 1.81 bits per heavy atom. The fraction of sp³-hybridized carbons (Fsp3) is 0.462. The summed E-state index contributed by atoms with van der Waals surface area (Å²) in [5.41, 5.74) is 13.8. The van der Waals surface area contributed by atoms with Gasteiger partial charge in [-0.15, -0.1) is 0 Å². The Morgan fingerprint density at radius 2 is 1.09 bits per heavy atom. The van der Waals surface area contributed by atoms with Crippen LogP contribution in [0.25, 0.3) is 21.9 Å². The Hall–Kier alpha value is -3.84. The number of hydrogen-bond acceptors (Lipinski definition) is 1. The molecule has 0 heterocycles. The van der Waals surface area contributed by atoms with Crippen LogP contribution in [0.15, 0.2) is 103 Å². The highest BCUT2D eigenvalue weighted by atomic mass is 15.1. The second-order valence-electron chi connectivity index (χ2n) is 20.1. The van der Waals surface area contributed by atoms with Crippen molar-refractivity contribution in [2.75, 3.05) is 4.90 Å². The predicted molar refractivity (Wildman–Crippen MR) is 221 cm³/mol. The summed E-state index contributed by atoms with van der Waals surface area (Å²) < 4.78 is 0. The van der Waals surface area contributed by atoms with Gasteiger partial charge in [-0.3, -0.25) is 0 Å². The molecule has 0 N–H and O–H groups in total. The molecule has 2 atom stereocenters. The van der Waals surface area contributed by atoms with E-state index in [4.69, 9.17) is 0 Å². The number of fused-ring (bicyclic) bond motifs is 6. The van der Waals surface area contributed by atoms with Crippen LogP contribution in [0, 0.1) is 35.5 Å². The van der Waals surface area contributed by atoms with Crippen molar-refractivity contribution in [3.8, 4) is 11.1 Å². The third kappa shape index (κ3) is 4.55. The first-order valence-corrected chi connectivity index (χ1v) is 21.5. The first-order chi connectivity index (χ1) is 25.9. The maximum absolute atomic E-state index is 2.69. The van der Waals surface area contributed by atoms with Crippen LogP contribution in [0.1, 0.15) is 120 Å². The fourth-order valence-corrected chi connectivity index (χ4v) is 15.0. The quantitative estimate of drug-likeness (QED) is 0.177. The van der Waals surface area contributed by atoms with E-state index in [-0.39, 0.29) is 5.41 Å². The minimum absolute atomic E-state index is 0.0513. The van der Waals surface area contributed by atoms with Gasteiger partial charge in [-0.05, 0) is 186 Å². The van der Waals surface area contributed by atoms with Crippen LogP contribution >= 0.6 is 0 Å². The maximum Gasteiger partial charge on any atom is 0.0540 e. The van der Waals surface area contributed by atoms with Gasteiger partial charge in [0.15, 0.2) is 0 Å². The molecule has 13 rings (SSSR count). The van der Waals surface area contributed by atoms with Gasteiger partial charge >= 0.3 is 0 Å². The van der Waals surface area contributed by atoms with E-state index in [1.54, 1.807) is 16.7 Å². The Balaban J connectivity index is 0.955. The van der Waals surface area contributed by atoms with Crippen molar-refractivity contribution in [1.29, 1.82) is 0 Å². The normalized spacial score (nSPS) is 33.9. The van der Waals surface area contributed by atoms with E-state index >= 15 is 0 Å². The minimum Gasteiger partial charge on any atom is -0.310 e. The number of benzene rings is 5. The first kappa shape index (κ1) is 31.5. The van der Waals surface area contributed by atoms with Gasteiger partial charge in [0.05, 0.1) is 5.69 Å². The molecule has 8 aliphatic rings. The summed E-state index contributed by atoms with van der Waals surface area (Å²) in [7, 11) is 0. The van der Waals surface area contributed by atoms with Crippen molar-refractivity contribution in [2.24, 2.45) is 35.5 Å². The summed E-state index contributed by atoms with van der Waals surface area (Å²) in [6, 6.07) is 41.0. The average molecular weight is 694 g/mol. The van der Waals surface area contributed by atoms with Crippen LogP contribution in [0.2, 0.25) is 0 Å². The van der Waals surface area contributed by atoms with Gasteiger partial charge in [-0.2, -0.15) is 0 Å². The molecule has 0 radical (unpaired) electrons. The predicted octanol–water partition coefficient (Wildman–Crippen LogP) is 13.9. The number of nitrogens with zero attached hydrogens (tertiary/aromatic N) is 1. The highest BCUT2D eigenvalue weighted by Gasteiger charge is 2.53. The van der Waals surface area contributed by atoms with E-state index in [0.717, 1.165) is 35.5 Å². The lowest BCUT2D eigenvalue weighted by atomic mass is 9.47. The van der Waals surface area contributed by atoms with Gasteiger partial charge < -0.3 is 4.90 Å². The molecule has 0 saturated heterocycles. The summed E-state index contributed by atoms with van der Waals surface area (Å²) >= 11 is 0. The zero-order chi connectivity index (χ0) is 35.1. The Morgan fingerprint density at radius 1 is 0.509 bits per heavy atom. The SMILES string of the molecule is CC1(C)c2cc(N(c3ccc(C45CC6CCC4CCC(C6)C5)cc3)c3cccc4ccccc34)ccc2-c2ccc(C34CC5CC(CC(C5)C3)C4)cc21. The molecule has 53 heavy (non-hydrogen) atoms. The van der Waals surface area contributed by atoms with E-state index in [0.29, 0.717) is 10.8 Å². The van der Waals surface area contributed by atoms with Crippen LogP contribution in [0.4, 0.5) is 17.1 Å². The number of rotatable bonds is 5. The Bertz CT molecular complexity index is 2210. The molecule has 268 valence electrons. The fourth-order valence-electron chi connectivity index (χ4n) is 15.0. The molecule has 1 heteroatoms. The molecule has 0 aromatic heterocycles. The molecule has 2 unspecified atom stereocenters. The van der Waals surface area contributed by atoms with Gasteiger partial charge in [0, 0.05) is 22.2 Å². The summed E-state index contributed by atoms with van der Waals surface area (Å²) in [6.45, 7) is 4.99. The standard InChI is InChI=1S/C52H55N/c1-50(2)47-26-41(51-28-35-23-36(29-51)25-37(24-35)30-51)16-20-45(47)46-21-19-43(27-48(46)50)53(49-9-5-7-38-6-3-4-8-44(38)49)42-17-14-40(15-18-42)52-31-33-10-12-39(52)13-11-34(22-33)32-52/h3-9,14-21,26-27,33-37,39H,10-13,22-25,28-32H2,1-2H3. The topological polar surface area (TPSA) is 3.24 Å². The molecule has 7 fully saturated rings. The average Bonchev–Trinajstić information content (AvgIpc) is 3.39. The highest BCUT2D eigenvalue weighted by molar-refractivity contribution is 5.99.